The van der Waals surface area contributed by atoms with Gasteiger partial charge in [0.2, 0.25) is 5.91 Å². The molecular weight excluding hydrogens is 323 g/mol. The predicted octanol–water partition coefficient (Wildman–Crippen LogP) is 1.89. The minimum absolute atomic E-state index is 0.0157. The van der Waals surface area contributed by atoms with Gasteiger partial charge in [-0.15, -0.1) is 0 Å². The van der Waals surface area contributed by atoms with Crippen LogP contribution in [0.25, 0.3) is 0 Å². The number of anilines is 1. The predicted molar refractivity (Wildman–Crippen MR) is 93.8 cm³/mol. The lowest BCUT2D eigenvalue weighted by Gasteiger charge is -2.21. The molecule has 1 aliphatic heterocycles. The number of nitrogens with one attached hydrogen (secondary N) is 2. The van der Waals surface area contributed by atoms with Gasteiger partial charge in [0.1, 0.15) is 5.82 Å². The molecule has 25 heavy (non-hydrogen) atoms. The van der Waals surface area contributed by atoms with E-state index >= 15 is 0 Å². The highest BCUT2D eigenvalue weighted by atomic mass is 19.1. The molecular formula is C18H25FN4O2. The van der Waals surface area contributed by atoms with Crippen LogP contribution in [0.5, 0.6) is 0 Å². The Balaban J connectivity index is 1.39. The van der Waals surface area contributed by atoms with Crippen molar-refractivity contribution in [1.82, 2.24) is 15.1 Å². The number of amides is 3. The summed E-state index contributed by atoms with van der Waals surface area (Å²) < 4.78 is 12.9. The number of carbonyl (C=O) groups is 2. The Morgan fingerprint density at radius 1 is 1.24 bits per heavy atom. The molecule has 1 saturated carbocycles. The molecule has 2 aliphatic rings. The third kappa shape index (κ3) is 5.42. The number of benzene rings is 1. The number of nitrogens with zero attached hydrogens (tertiary/aromatic N) is 2. The summed E-state index contributed by atoms with van der Waals surface area (Å²) in [5, 5.41) is 5.59. The van der Waals surface area contributed by atoms with Crippen LogP contribution in [0, 0.1) is 11.7 Å². The van der Waals surface area contributed by atoms with Gasteiger partial charge in [0.25, 0.3) is 0 Å². The first-order chi connectivity index (χ1) is 12.0. The van der Waals surface area contributed by atoms with Gasteiger partial charge in [-0.25, -0.2) is 9.18 Å². The van der Waals surface area contributed by atoms with E-state index in [9.17, 15) is 14.0 Å². The van der Waals surface area contributed by atoms with Crippen molar-refractivity contribution in [3.05, 3.63) is 30.1 Å². The third-order valence-corrected chi connectivity index (χ3v) is 4.72. The van der Waals surface area contributed by atoms with E-state index in [0.717, 1.165) is 19.5 Å². The second kappa shape index (κ2) is 7.82. The van der Waals surface area contributed by atoms with Gasteiger partial charge in [0, 0.05) is 38.4 Å². The second-order valence-electron chi connectivity index (χ2n) is 7.04. The molecule has 1 saturated heterocycles. The van der Waals surface area contributed by atoms with Gasteiger partial charge in [-0.2, -0.15) is 0 Å². The van der Waals surface area contributed by atoms with Gasteiger partial charge in [0.15, 0.2) is 0 Å². The Bertz CT molecular complexity index is 618. The number of likely N-dealkylation sites (N-methyl/N-ethyl adjacent to an activating group) is 1. The molecule has 0 bridgehead atoms. The topological polar surface area (TPSA) is 64.7 Å². The highest BCUT2D eigenvalue weighted by Crippen LogP contribution is 2.29. The molecule has 3 amide bonds. The summed E-state index contributed by atoms with van der Waals surface area (Å²) in [7, 11) is 1.86. The number of halogens is 1. The monoisotopic (exact) mass is 348 g/mol. The van der Waals surface area contributed by atoms with Crippen LogP contribution in [-0.4, -0.2) is 61.0 Å². The summed E-state index contributed by atoms with van der Waals surface area (Å²) in [6, 6.07) is 5.35. The summed E-state index contributed by atoms with van der Waals surface area (Å²) in [4.78, 5) is 28.1. The van der Waals surface area contributed by atoms with Crippen molar-refractivity contribution < 1.29 is 14.0 Å². The lowest BCUT2D eigenvalue weighted by atomic mass is 10.3. The summed E-state index contributed by atoms with van der Waals surface area (Å²) in [5.41, 5.74) is 0.547. The molecule has 136 valence electrons. The standard InChI is InChI=1S/C18H25FN4O2/c1-22(10-13-2-3-13)17(24)12-23-9-8-16(11-23)21-18(25)20-15-6-4-14(19)5-7-15/h4-7,13,16H,2-3,8-12H2,1H3,(H2,20,21,25)/t16-/m0/s1. The first-order valence-electron chi connectivity index (χ1n) is 8.79. The van der Waals surface area contributed by atoms with Crippen molar-refractivity contribution in [2.45, 2.75) is 25.3 Å². The summed E-state index contributed by atoms with van der Waals surface area (Å²) in [5.74, 6) is 0.495. The number of rotatable bonds is 6. The van der Waals surface area contributed by atoms with Crippen molar-refractivity contribution in [3.8, 4) is 0 Å². The number of carbonyl (C=O) groups excluding carboxylic acids is 2. The SMILES string of the molecule is CN(CC1CC1)C(=O)CN1CC[C@H](NC(=O)Nc2ccc(F)cc2)C1. The Labute approximate surface area is 147 Å². The Morgan fingerprint density at radius 3 is 2.64 bits per heavy atom. The van der Waals surface area contributed by atoms with Crippen molar-refractivity contribution in [2.24, 2.45) is 5.92 Å². The van der Waals surface area contributed by atoms with Crippen LogP contribution in [0.3, 0.4) is 0 Å². The maximum Gasteiger partial charge on any atom is 0.319 e. The van der Waals surface area contributed by atoms with E-state index in [1.165, 1.54) is 37.1 Å². The van der Waals surface area contributed by atoms with Crippen LogP contribution in [0.2, 0.25) is 0 Å². The molecule has 0 aromatic heterocycles. The first-order valence-corrected chi connectivity index (χ1v) is 8.79. The molecule has 7 heteroatoms. The van der Waals surface area contributed by atoms with Gasteiger partial charge in [-0.3, -0.25) is 9.69 Å². The molecule has 2 fully saturated rings. The normalized spacial score (nSPS) is 20.3. The molecule has 1 atom stereocenters. The zero-order valence-corrected chi connectivity index (χ0v) is 14.5. The van der Waals surface area contributed by atoms with E-state index in [2.05, 4.69) is 15.5 Å². The average Bonchev–Trinajstić information content (AvgIpc) is 3.28. The zero-order valence-electron chi connectivity index (χ0n) is 14.5. The Hall–Kier alpha value is -2.15. The maximum absolute atomic E-state index is 12.9. The van der Waals surface area contributed by atoms with Crippen LogP contribution in [0.15, 0.2) is 24.3 Å². The smallest absolute Gasteiger partial charge is 0.319 e. The number of hydrogen-bond acceptors (Lipinski definition) is 3. The fraction of sp³-hybridized carbons (Fsp3) is 0.556. The Kier molecular flexibility index (Phi) is 5.53. The molecule has 6 nitrogen and oxygen atoms in total. The minimum atomic E-state index is -0.339. The summed E-state index contributed by atoms with van der Waals surface area (Å²) in [6.07, 6.45) is 3.28. The van der Waals surface area contributed by atoms with E-state index in [1.807, 2.05) is 11.9 Å². The van der Waals surface area contributed by atoms with Crippen LogP contribution < -0.4 is 10.6 Å². The molecule has 0 unspecified atom stereocenters. The van der Waals surface area contributed by atoms with E-state index < -0.39 is 0 Å². The lowest BCUT2D eigenvalue weighted by molar-refractivity contribution is -0.131. The second-order valence-corrected chi connectivity index (χ2v) is 7.04. The highest BCUT2D eigenvalue weighted by Gasteiger charge is 2.28. The quantitative estimate of drug-likeness (QED) is 0.825. The molecule has 1 aliphatic carbocycles. The van der Waals surface area contributed by atoms with Crippen LogP contribution in [-0.2, 0) is 4.79 Å². The first kappa shape index (κ1) is 17.7. The maximum atomic E-state index is 12.9. The number of likely N-dealkylation sites (tertiary alicyclic amines) is 1. The van der Waals surface area contributed by atoms with Crippen LogP contribution in [0.4, 0.5) is 14.9 Å². The fourth-order valence-electron chi connectivity index (χ4n) is 3.08. The third-order valence-electron chi connectivity index (χ3n) is 4.72. The van der Waals surface area contributed by atoms with Gasteiger partial charge in [-0.05, 0) is 49.4 Å². The molecule has 1 heterocycles. The average molecular weight is 348 g/mol. The zero-order chi connectivity index (χ0) is 17.8. The Morgan fingerprint density at radius 2 is 1.96 bits per heavy atom. The summed E-state index contributed by atoms with van der Waals surface area (Å²) >= 11 is 0. The van der Waals surface area contributed by atoms with Crippen molar-refractivity contribution in [2.75, 3.05) is 38.5 Å². The van der Waals surface area contributed by atoms with Crippen LogP contribution in [0.1, 0.15) is 19.3 Å². The lowest BCUT2D eigenvalue weighted by Crippen LogP contribution is -2.42. The molecule has 1 aromatic rings. The van der Waals surface area contributed by atoms with Gasteiger partial charge in [-0.1, -0.05) is 0 Å². The molecule has 3 rings (SSSR count). The highest BCUT2D eigenvalue weighted by molar-refractivity contribution is 5.89. The summed E-state index contributed by atoms with van der Waals surface area (Å²) in [6.45, 7) is 2.72. The van der Waals surface area contributed by atoms with Gasteiger partial charge < -0.3 is 15.5 Å². The molecule has 0 radical (unpaired) electrons. The van der Waals surface area contributed by atoms with Gasteiger partial charge in [0.05, 0.1) is 6.54 Å². The number of urea groups is 1. The molecule has 1 aromatic carbocycles. The largest absolute Gasteiger partial charge is 0.344 e. The van der Waals surface area contributed by atoms with E-state index in [0.29, 0.717) is 24.7 Å². The van der Waals surface area contributed by atoms with Crippen molar-refractivity contribution >= 4 is 17.6 Å². The molecule has 0 spiro atoms. The van der Waals surface area contributed by atoms with Gasteiger partial charge >= 0.3 is 6.03 Å². The number of hydrogen-bond donors (Lipinski definition) is 2. The van der Waals surface area contributed by atoms with Crippen molar-refractivity contribution in [3.63, 3.8) is 0 Å². The van der Waals surface area contributed by atoms with E-state index in [1.54, 1.807) is 0 Å². The van der Waals surface area contributed by atoms with E-state index in [-0.39, 0.29) is 23.8 Å². The van der Waals surface area contributed by atoms with Crippen molar-refractivity contribution in [1.29, 1.82) is 0 Å². The minimum Gasteiger partial charge on any atom is -0.344 e. The fourth-order valence-corrected chi connectivity index (χ4v) is 3.08. The van der Waals surface area contributed by atoms with Crippen LogP contribution >= 0.6 is 0 Å². The van der Waals surface area contributed by atoms with E-state index in [4.69, 9.17) is 0 Å². The molecule has 2 N–H and O–H groups in total.